The quantitative estimate of drug-likeness (QED) is 0.502. The fourth-order valence-corrected chi connectivity index (χ4v) is 4.41. The molecule has 0 spiro atoms. The molecular weight excluding hydrogens is 465 g/mol. The van der Waals surface area contributed by atoms with Gasteiger partial charge >= 0.3 is 6.36 Å². The van der Waals surface area contributed by atoms with E-state index in [1.54, 1.807) is 18.2 Å². The standard InChI is InChI=1S/C18H12ClF3N2O4S2/c19-11-2-1-3-12(10-11)23-17(25)16-15(8-9-29-16)24-30(26,27)14-6-4-13(5-7-14)28-18(20,21)22/h1-10,24H,(H,23,25). The Morgan fingerprint density at radius 3 is 2.40 bits per heavy atom. The molecule has 12 heteroatoms. The van der Waals surface area contributed by atoms with Crippen LogP contribution in [0, 0.1) is 0 Å². The van der Waals surface area contributed by atoms with Crippen molar-refractivity contribution in [2.24, 2.45) is 0 Å². The summed E-state index contributed by atoms with van der Waals surface area (Å²) in [4.78, 5) is 12.3. The van der Waals surface area contributed by atoms with E-state index >= 15 is 0 Å². The zero-order valence-corrected chi connectivity index (χ0v) is 17.1. The minimum Gasteiger partial charge on any atom is -0.406 e. The van der Waals surface area contributed by atoms with Crippen LogP contribution in [-0.2, 0) is 10.0 Å². The normalized spacial score (nSPS) is 11.7. The summed E-state index contributed by atoms with van der Waals surface area (Å²) in [5.74, 6) is -1.11. The minimum absolute atomic E-state index is 0.0233. The summed E-state index contributed by atoms with van der Waals surface area (Å²) in [5.41, 5.74) is 0.449. The molecule has 0 atom stereocenters. The van der Waals surface area contributed by atoms with Gasteiger partial charge < -0.3 is 10.1 Å². The molecule has 3 rings (SSSR count). The van der Waals surface area contributed by atoms with Crippen molar-refractivity contribution in [1.29, 1.82) is 0 Å². The smallest absolute Gasteiger partial charge is 0.406 e. The highest BCUT2D eigenvalue weighted by Gasteiger charge is 2.31. The van der Waals surface area contributed by atoms with Crippen molar-refractivity contribution in [2.45, 2.75) is 11.3 Å². The Morgan fingerprint density at radius 2 is 1.77 bits per heavy atom. The van der Waals surface area contributed by atoms with E-state index in [0.717, 1.165) is 35.6 Å². The number of carbonyl (C=O) groups is 1. The average molecular weight is 477 g/mol. The summed E-state index contributed by atoms with van der Waals surface area (Å²) in [7, 11) is -4.16. The third kappa shape index (κ3) is 5.65. The Kier molecular flexibility index (Phi) is 6.25. The van der Waals surface area contributed by atoms with Gasteiger partial charge in [-0.05, 0) is 53.9 Å². The maximum atomic E-state index is 12.6. The third-order valence-electron chi connectivity index (χ3n) is 3.57. The fraction of sp³-hybridized carbons (Fsp3) is 0.0556. The van der Waals surface area contributed by atoms with Gasteiger partial charge in [0, 0.05) is 10.7 Å². The number of hydrogen-bond acceptors (Lipinski definition) is 5. The van der Waals surface area contributed by atoms with Crippen molar-refractivity contribution in [3.8, 4) is 5.75 Å². The molecule has 1 heterocycles. The van der Waals surface area contributed by atoms with Gasteiger partial charge in [0.15, 0.2) is 0 Å². The molecule has 158 valence electrons. The van der Waals surface area contributed by atoms with E-state index in [-0.39, 0.29) is 15.5 Å². The first-order valence-electron chi connectivity index (χ1n) is 8.06. The fourth-order valence-electron chi connectivity index (χ4n) is 2.34. The van der Waals surface area contributed by atoms with E-state index < -0.39 is 28.0 Å². The molecule has 0 saturated heterocycles. The number of carbonyl (C=O) groups excluding carboxylic acids is 1. The molecule has 2 N–H and O–H groups in total. The van der Waals surface area contributed by atoms with Crippen LogP contribution in [0.3, 0.4) is 0 Å². The summed E-state index contributed by atoms with van der Waals surface area (Å²) in [6.45, 7) is 0. The second kappa shape index (κ2) is 8.54. The zero-order chi connectivity index (χ0) is 21.9. The van der Waals surface area contributed by atoms with Crippen LogP contribution in [0.25, 0.3) is 0 Å². The molecule has 0 saturated carbocycles. The van der Waals surface area contributed by atoms with Gasteiger partial charge in [-0.25, -0.2) is 8.42 Å². The Labute approximate surface area is 178 Å². The monoisotopic (exact) mass is 476 g/mol. The zero-order valence-electron chi connectivity index (χ0n) is 14.7. The Bertz CT molecular complexity index is 1160. The lowest BCUT2D eigenvalue weighted by Crippen LogP contribution is -2.18. The van der Waals surface area contributed by atoms with E-state index in [4.69, 9.17) is 11.6 Å². The second-order valence-electron chi connectivity index (χ2n) is 5.75. The number of benzene rings is 2. The molecule has 1 aromatic heterocycles. The van der Waals surface area contributed by atoms with Gasteiger partial charge in [0.1, 0.15) is 10.6 Å². The first kappa shape index (κ1) is 21.9. The van der Waals surface area contributed by atoms with Crippen molar-refractivity contribution in [2.75, 3.05) is 10.0 Å². The Hall–Kier alpha value is -2.76. The van der Waals surface area contributed by atoms with E-state index in [9.17, 15) is 26.4 Å². The molecule has 0 radical (unpaired) electrons. The van der Waals surface area contributed by atoms with E-state index in [2.05, 4.69) is 14.8 Å². The number of sulfonamides is 1. The van der Waals surface area contributed by atoms with E-state index in [1.165, 1.54) is 17.5 Å². The van der Waals surface area contributed by atoms with Gasteiger partial charge in [0.25, 0.3) is 15.9 Å². The predicted octanol–water partition coefficient (Wildman–Crippen LogP) is 5.35. The number of ether oxygens (including phenoxy) is 1. The lowest BCUT2D eigenvalue weighted by Gasteiger charge is -2.11. The van der Waals surface area contributed by atoms with Gasteiger partial charge in [0.2, 0.25) is 0 Å². The summed E-state index contributed by atoms with van der Waals surface area (Å²) >= 11 is 6.88. The van der Waals surface area contributed by atoms with Gasteiger partial charge in [-0.1, -0.05) is 17.7 Å². The van der Waals surface area contributed by atoms with Crippen LogP contribution in [0.1, 0.15) is 9.67 Å². The average Bonchev–Trinajstić information content (AvgIpc) is 3.08. The molecule has 0 bridgehead atoms. The maximum absolute atomic E-state index is 12.6. The largest absolute Gasteiger partial charge is 0.573 e. The topological polar surface area (TPSA) is 84.5 Å². The van der Waals surface area contributed by atoms with Crippen LogP contribution < -0.4 is 14.8 Å². The molecular formula is C18H12ClF3N2O4S2. The van der Waals surface area contributed by atoms with Crippen LogP contribution in [0.2, 0.25) is 5.02 Å². The van der Waals surface area contributed by atoms with Gasteiger partial charge in [-0.3, -0.25) is 9.52 Å². The number of nitrogens with one attached hydrogen (secondary N) is 2. The van der Waals surface area contributed by atoms with E-state index in [1.807, 2.05) is 0 Å². The molecule has 2 aromatic carbocycles. The predicted molar refractivity (Wildman–Crippen MR) is 108 cm³/mol. The van der Waals surface area contributed by atoms with Crippen molar-refractivity contribution < 1.29 is 31.1 Å². The highest BCUT2D eigenvalue weighted by atomic mass is 35.5. The SMILES string of the molecule is O=C(Nc1cccc(Cl)c1)c1sccc1NS(=O)(=O)c1ccc(OC(F)(F)F)cc1. The summed E-state index contributed by atoms with van der Waals surface area (Å²) in [5, 5.41) is 4.54. The van der Waals surface area contributed by atoms with Gasteiger partial charge in [-0.15, -0.1) is 24.5 Å². The number of alkyl halides is 3. The van der Waals surface area contributed by atoms with Crippen molar-refractivity contribution in [1.82, 2.24) is 0 Å². The Balaban J connectivity index is 1.76. The molecule has 0 aliphatic heterocycles. The van der Waals surface area contributed by atoms with Crippen molar-refractivity contribution in [3.05, 3.63) is 69.9 Å². The molecule has 1 amide bonds. The number of anilines is 2. The van der Waals surface area contributed by atoms with Gasteiger partial charge in [0.05, 0.1) is 10.6 Å². The minimum atomic E-state index is -4.89. The number of hydrogen-bond donors (Lipinski definition) is 2. The van der Waals surface area contributed by atoms with Crippen molar-refractivity contribution >= 4 is 50.2 Å². The first-order valence-corrected chi connectivity index (χ1v) is 10.8. The van der Waals surface area contributed by atoms with Crippen LogP contribution in [0.4, 0.5) is 24.5 Å². The molecule has 0 aliphatic carbocycles. The molecule has 0 aliphatic rings. The highest BCUT2D eigenvalue weighted by molar-refractivity contribution is 7.92. The summed E-state index contributed by atoms with van der Waals surface area (Å²) in [6, 6.07) is 11.5. The van der Waals surface area contributed by atoms with Crippen LogP contribution in [0.5, 0.6) is 5.75 Å². The number of halogens is 4. The number of thiophene rings is 1. The first-order chi connectivity index (χ1) is 14.0. The summed E-state index contributed by atoms with van der Waals surface area (Å²) in [6.07, 6.45) is -4.89. The third-order valence-corrected chi connectivity index (χ3v) is 6.10. The second-order valence-corrected chi connectivity index (χ2v) is 8.79. The molecule has 30 heavy (non-hydrogen) atoms. The maximum Gasteiger partial charge on any atom is 0.573 e. The highest BCUT2D eigenvalue weighted by Crippen LogP contribution is 2.28. The Morgan fingerprint density at radius 1 is 1.07 bits per heavy atom. The van der Waals surface area contributed by atoms with Gasteiger partial charge in [-0.2, -0.15) is 0 Å². The lowest BCUT2D eigenvalue weighted by atomic mass is 10.3. The molecule has 0 unspecified atom stereocenters. The van der Waals surface area contributed by atoms with Crippen LogP contribution in [0.15, 0.2) is 64.9 Å². The lowest BCUT2D eigenvalue weighted by molar-refractivity contribution is -0.274. The van der Waals surface area contributed by atoms with Crippen LogP contribution >= 0.6 is 22.9 Å². The molecule has 0 fully saturated rings. The van der Waals surface area contributed by atoms with Crippen molar-refractivity contribution in [3.63, 3.8) is 0 Å². The molecule has 6 nitrogen and oxygen atoms in total. The molecule has 3 aromatic rings. The number of rotatable bonds is 6. The number of amides is 1. The van der Waals surface area contributed by atoms with Crippen LogP contribution in [-0.4, -0.2) is 20.7 Å². The summed E-state index contributed by atoms with van der Waals surface area (Å²) < 4.78 is 67.8. The van der Waals surface area contributed by atoms with E-state index in [0.29, 0.717) is 10.7 Å².